The van der Waals surface area contributed by atoms with Gasteiger partial charge in [-0.2, -0.15) is 5.26 Å². The third kappa shape index (κ3) is 3.43. The van der Waals surface area contributed by atoms with Gasteiger partial charge < -0.3 is 4.79 Å². The summed E-state index contributed by atoms with van der Waals surface area (Å²) in [5, 5.41) is 9.86. The van der Waals surface area contributed by atoms with Crippen molar-refractivity contribution >= 4 is 19.6 Å². The number of carbonyl (C=O) groups excluding carboxylic acids is 2. The number of hydrogen-bond acceptors (Lipinski definition) is 3. The van der Waals surface area contributed by atoms with Crippen LogP contribution in [0.2, 0.25) is 18.1 Å². The van der Waals surface area contributed by atoms with Crippen LogP contribution in [0.1, 0.15) is 54.4 Å². The Labute approximate surface area is 193 Å². The van der Waals surface area contributed by atoms with Crippen LogP contribution in [-0.2, 0) is 9.59 Å². The topological polar surface area (TPSA) is 62.3 Å². The van der Waals surface area contributed by atoms with E-state index in [1.54, 1.807) is 12.2 Å². The largest absolute Gasteiger partial charge is 0.307 e. The number of nitriles is 1. The number of carbonyl (C=O) groups is 2. The summed E-state index contributed by atoms with van der Waals surface area (Å²) in [6.45, 7) is 24.4. The van der Waals surface area contributed by atoms with Gasteiger partial charge >= 0.3 is 0 Å². The Kier molecular flexibility index (Phi) is 5.57. The van der Waals surface area contributed by atoms with Crippen molar-refractivity contribution in [1.82, 2.24) is 0 Å². The Balaban J connectivity index is 2.20. The van der Waals surface area contributed by atoms with Crippen LogP contribution < -0.4 is 0 Å². The molecule has 0 bridgehead atoms. The van der Waals surface area contributed by atoms with Crippen molar-refractivity contribution in [3.05, 3.63) is 46.0 Å². The molecule has 3 rings (SSSR count). The zero-order valence-corrected chi connectivity index (χ0v) is 21.4. The van der Waals surface area contributed by atoms with Gasteiger partial charge in [0, 0.05) is 22.3 Å². The molecule has 0 heterocycles. The molecule has 166 valence electrons. The maximum atomic E-state index is 13.0. The highest BCUT2D eigenvalue weighted by Crippen LogP contribution is 2.60. The fourth-order valence-electron chi connectivity index (χ4n) is 5.33. The minimum atomic E-state index is -1.94. The summed E-state index contributed by atoms with van der Waals surface area (Å²) in [7, 11) is -1.94. The van der Waals surface area contributed by atoms with E-state index in [2.05, 4.69) is 56.2 Å². The van der Waals surface area contributed by atoms with Gasteiger partial charge in [-0.1, -0.05) is 66.6 Å². The van der Waals surface area contributed by atoms with Crippen LogP contribution in [0.15, 0.2) is 34.6 Å². The van der Waals surface area contributed by atoms with Crippen molar-refractivity contribution in [2.24, 2.45) is 22.7 Å². The molecule has 1 saturated carbocycles. The summed E-state index contributed by atoms with van der Waals surface area (Å²) in [4.78, 5) is 29.5. The molecule has 3 atom stereocenters. The molecule has 0 amide bonds. The highest BCUT2D eigenvalue weighted by Gasteiger charge is 2.56. The molecule has 0 aromatic heterocycles. The molecule has 4 nitrogen and oxygen atoms in total. The molecule has 32 heavy (non-hydrogen) atoms. The van der Waals surface area contributed by atoms with E-state index in [9.17, 15) is 14.9 Å². The smallest absolute Gasteiger partial charge is 0.226 e. The minimum Gasteiger partial charge on any atom is -0.307 e. The van der Waals surface area contributed by atoms with E-state index < -0.39 is 18.9 Å². The number of fused-ring (bicyclic) bond motifs is 3. The molecule has 0 spiro atoms. The molecular weight excluding hydrogens is 412 g/mol. The van der Waals surface area contributed by atoms with Gasteiger partial charge in [-0.25, -0.2) is 4.85 Å². The Bertz CT molecular complexity index is 1150. The van der Waals surface area contributed by atoms with Crippen molar-refractivity contribution in [3.8, 4) is 17.5 Å². The van der Waals surface area contributed by atoms with Crippen LogP contribution in [0.5, 0.6) is 0 Å². The van der Waals surface area contributed by atoms with Crippen LogP contribution >= 0.6 is 0 Å². The molecule has 3 aliphatic rings. The van der Waals surface area contributed by atoms with Crippen LogP contribution in [0.3, 0.4) is 0 Å². The van der Waals surface area contributed by atoms with Gasteiger partial charge in [0.1, 0.15) is 19.7 Å². The highest BCUT2D eigenvalue weighted by molar-refractivity contribution is 6.87. The highest BCUT2D eigenvalue weighted by atomic mass is 28.3. The van der Waals surface area contributed by atoms with Crippen molar-refractivity contribution < 1.29 is 9.59 Å². The normalized spacial score (nSPS) is 29.4. The first-order valence-corrected chi connectivity index (χ1v) is 14.2. The Hall–Kier alpha value is -2.68. The SMILES string of the molecule is [C-]#[N+]C1=CC2(C)C3=CC(=O)C(C#N)=C(C#C[Si](C)(C)C(C)(C)C)C3CCC2C(C)(C)C1=O. The predicted molar refractivity (Wildman–Crippen MR) is 128 cm³/mol. The molecule has 0 aromatic rings. The molecule has 1 fully saturated rings. The number of ketones is 2. The summed E-state index contributed by atoms with van der Waals surface area (Å²) in [6, 6.07) is 2.12. The van der Waals surface area contributed by atoms with Crippen molar-refractivity contribution in [2.45, 2.75) is 72.5 Å². The standard InChI is InChI=1S/C27H32N2O2Si/c1-25(2,3)32(8,9)13-12-17-18-10-11-23-26(4,5)24(31)21(29-7)15-27(23,6)20(18)14-22(30)19(17)16-28/h14-15,18,23H,10-11H2,1-6,8-9H3. The van der Waals surface area contributed by atoms with Gasteiger partial charge in [-0.05, 0) is 35.4 Å². The molecule has 0 N–H and O–H groups in total. The zero-order chi connectivity index (χ0) is 24.3. The monoisotopic (exact) mass is 444 g/mol. The molecule has 5 heteroatoms. The molecule has 0 aromatic carbocycles. The first kappa shape index (κ1) is 24.0. The van der Waals surface area contributed by atoms with Gasteiger partial charge in [-0.3, -0.25) is 4.79 Å². The summed E-state index contributed by atoms with van der Waals surface area (Å²) < 4.78 is 0. The fraction of sp³-hybridized carbons (Fsp3) is 0.556. The molecule has 3 aliphatic carbocycles. The van der Waals surface area contributed by atoms with Crippen molar-refractivity contribution in [3.63, 3.8) is 0 Å². The average molecular weight is 445 g/mol. The van der Waals surface area contributed by atoms with E-state index in [0.717, 1.165) is 18.4 Å². The third-order valence-electron chi connectivity index (χ3n) is 8.36. The number of Topliss-reactive ketones (excluding diaryl/α,β-unsaturated/α-hetero) is 1. The molecule has 0 saturated heterocycles. The number of allylic oxidation sites excluding steroid dienone is 6. The second-order valence-corrected chi connectivity index (χ2v) is 16.6. The summed E-state index contributed by atoms with van der Waals surface area (Å²) >= 11 is 0. The number of rotatable bonds is 0. The third-order valence-corrected chi connectivity index (χ3v) is 12.9. The lowest BCUT2D eigenvalue weighted by molar-refractivity contribution is -0.129. The lowest BCUT2D eigenvalue weighted by Gasteiger charge is -2.54. The minimum absolute atomic E-state index is 0.0125. The van der Waals surface area contributed by atoms with Crippen molar-refractivity contribution in [1.29, 1.82) is 5.26 Å². The van der Waals surface area contributed by atoms with E-state index in [1.807, 2.05) is 20.8 Å². The van der Waals surface area contributed by atoms with Crippen LogP contribution in [-0.4, -0.2) is 19.6 Å². The average Bonchev–Trinajstić information content (AvgIpc) is 2.68. The summed E-state index contributed by atoms with van der Waals surface area (Å²) in [5.41, 5.74) is 4.03. The number of nitrogens with zero attached hydrogens (tertiary/aromatic N) is 2. The van der Waals surface area contributed by atoms with Gasteiger partial charge in [0.25, 0.3) is 0 Å². The fourth-order valence-corrected chi connectivity index (χ4v) is 6.16. The van der Waals surface area contributed by atoms with Crippen LogP contribution in [0.25, 0.3) is 4.85 Å². The maximum Gasteiger partial charge on any atom is 0.226 e. The van der Waals surface area contributed by atoms with Gasteiger partial charge in [-0.15, -0.1) is 5.54 Å². The second kappa shape index (κ2) is 7.43. The van der Waals surface area contributed by atoms with E-state index in [-0.39, 0.29) is 39.7 Å². The first-order valence-electron chi connectivity index (χ1n) is 11.2. The van der Waals surface area contributed by atoms with E-state index in [1.165, 1.54) is 0 Å². The second-order valence-electron chi connectivity index (χ2n) is 11.6. The Morgan fingerprint density at radius 1 is 1.19 bits per heavy atom. The van der Waals surface area contributed by atoms with Crippen molar-refractivity contribution in [2.75, 3.05) is 0 Å². The van der Waals surface area contributed by atoms with Gasteiger partial charge in [0.15, 0.2) is 11.6 Å². The summed E-state index contributed by atoms with van der Waals surface area (Å²) in [5.74, 6) is 2.75. The van der Waals surface area contributed by atoms with Gasteiger partial charge in [0.2, 0.25) is 5.70 Å². The van der Waals surface area contributed by atoms with Gasteiger partial charge in [0.05, 0.1) is 6.57 Å². The molecule has 3 unspecified atom stereocenters. The van der Waals surface area contributed by atoms with Crippen LogP contribution in [0, 0.1) is 52.0 Å². The Morgan fingerprint density at radius 3 is 2.34 bits per heavy atom. The first-order chi connectivity index (χ1) is 14.6. The molecule has 0 aliphatic heterocycles. The lowest BCUT2D eigenvalue weighted by Crippen LogP contribution is -2.51. The van der Waals surface area contributed by atoms with E-state index in [4.69, 9.17) is 6.57 Å². The lowest BCUT2D eigenvalue weighted by atomic mass is 9.48. The quantitative estimate of drug-likeness (QED) is 0.269. The zero-order valence-electron chi connectivity index (χ0n) is 20.4. The number of hydrogen-bond donors (Lipinski definition) is 0. The van der Waals surface area contributed by atoms with Crippen LogP contribution in [0.4, 0.5) is 0 Å². The van der Waals surface area contributed by atoms with E-state index >= 15 is 0 Å². The summed E-state index contributed by atoms with van der Waals surface area (Å²) in [6.07, 6.45) is 4.89. The molecule has 0 radical (unpaired) electrons. The molecular formula is C27H32N2O2Si. The maximum absolute atomic E-state index is 13.0. The van der Waals surface area contributed by atoms with E-state index in [0.29, 0.717) is 5.57 Å². The predicted octanol–water partition coefficient (Wildman–Crippen LogP) is 5.81. The Morgan fingerprint density at radius 2 is 1.81 bits per heavy atom.